The van der Waals surface area contributed by atoms with Gasteiger partial charge in [0.15, 0.2) is 4.77 Å². The van der Waals surface area contributed by atoms with Crippen LogP contribution in [0.25, 0.3) is 11.1 Å². The van der Waals surface area contributed by atoms with Crippen LogP contribution in [0.4, 0.5) is 11.5 Å². The van der Waals surface area contributed by atoms with Gasteiger partial charge in [-0.3, -0.25) is 14.9 Å². The van der Waals surface area contributed by atoms with E-state index in [4.69, 9.17) is 12.2 Å². The molecule has 0 amide bonds. The van der Waals surface area contributed by atoms with Gasteiger partial charge in [0.05, 0.1) is 5.56 Å². The smallest absolute Gasteiger partial charge is 0.283 e. The molecule has 2 heterocycles. The Hall–Kier alpha value is -3.07. The number of nitrogens with zero attached hydrogens (tertiary/aromatic N) is 3. The van der Waals surface area contributed by atoms with Gasteiger partial charge in [0.2, 0.25) is 17.4 Å². The first kappa shape index (κ1) is 14.9. The predicted molar refractivity (Wildman–Crippen MR) is 86.8 cm³/mol. The molecule has 9 heteroatoms. The zero-order chi connectivity index (χ0) is 16.4. The van der Waals surface area contributed by atoms with Crippen molar-refractivity contribution in [3.05, 3.63) is 51.2 Å². The van der Waals surface area contributed by atoms with Crippen molar-refractivity contribution in [2.45, 2.75) is 6.92 Å². The molecule has 0 aliphatic rings. The van der Waals surface area contributed by atoms with Crippen LogP contribution in [0.3, 0.4) is 0 Å². The predicted octanol–water partition coefficient (Wildman–Crippen LogP) is 3.25. The Morgan fingerprint density at radius 1 is 1.17 bits per heavy atom. The van der Waals surface area contributed by atoms with Crippen molar-refractivity contribution in [2.75, 3.05) is 0 Å². The summed E-state index contributed by atoms with van der Waals surface area (Å²) in [6.07, 6.45) is 0. The normalized spacial score (nSPS) is 11.2. The van der Waals surface area contributed by atoms with Crippen molar-refractivity contribution in [2.24, 2.45) is 10.2 Å². The van der Waals surface area contributed by atoms with Crippen LogP contribution in [0.1, 0.15) is 5.69 Å². The molecule has 116 valence electrons. The van der Waals surface area contributed by atoms with Gasteiger partial charge >= 0.3 is 0 Å². The molecule has 0 radical (unpaired) electrons. The fraction of sp³-hybridized carbons (Fsp3) is 0.0714. The van der Waals surface area contributed by atoms with E-state index in [1.807, 2.05) is 37.3 Å². The second kappa shape index (κ2) is 5.97. The van der Waals surface area contributed by atoms with Crippen LogP contribution in [-0.4, -0.2) is 25.3 Å². The van der Waals surface area contributed by atoms with Gasteiger partial charge in [-0.2, -0.15) is 5.10 Å². The number of H-pyrrole nitrogens is 3. The van der Waals surface area contributed by atoms with E-state index < -0.39 is 11.4 Å². The van der Waals surface area contributed by atoms with E-state index >= 15 is 0 Å². The Morgan fingerprint density at radius 3 is 2.61 bits per heavy atom. The monoisotopic (exact) mass is 328 g/mol. The van der Waals surface area contributed by atoms with Crippen LogP contribution in [0, 0.1) is 11.7 Å². The molecule has 8 nitrogen and oxygen atoms in total. The van der Waals surface area contributed by atoms with Gasteiger partial charge in [0, 0.05) is 5.69 Å². The number of aromatic nitrogens is 4. The maximum Gasteiger partial charge on any atom is 0.283 e. The quantitative estimate of drug-likeness (QED) is 0.435. The standard InChI is InChI=1S/C14H12N6O2S/c1-7-9(8-5-3-2-4-6-8)11(19-17-7)20-18-10-12(21)15-14(23)16-13(10)22/h2-6H,1H3,(H,17,19)(H3,15,16,21,22,23). The van der Waals surface area contributed by atoms with Crippen LogP contribution < -0.4 is 5.56 Å². The van der Waals surface area contributed by atoms with Crippen molar-refractivity contribution in [1.29, 1.82) is 0 Å². The molecule has 3 rings (SSSR count). The van der Waals surface area contributed by atoms with E-state index in [0.717, 1.165) is 16.8 Å². The minimum absolute atomic E-state index is 0.00652. The highest BCUT2D eigenvalue weighted by Gasteiger charge is 2.13. The molecule has 0 aliphatic heterocycles. The van der Waals surface area contributed by atoms with E-state index in [1.165, 1.54) is 0 Å². The number of aryl methyl sites for hydroxylation is 1. The molecule has 0 spiro atoms. The summed E-state index contributed by atoms with van der Waals surface area (Å²) in [6.45, 7) is 1.86. The third kappa shape index (κ3) is 2.94. The first-order chi connectivity index (χ1) is 11.1. The summed E-state index contributed by atoms with van der Waals surface area (Å²) in [6, 6.07) is 9.54. The molecule has 3 aromatic rings. The maximum atomic E-state index is 11.8. The Morgan fingerprint density at radius 2 is 1.91 bits per heavy atom. The first-order valence-corrected chi connectivity index (χ1v) is 7.05. The van der Waals surface area contributed by atoms with Gasteiger partial charge in [-0.25, -0.2) is 0 Å². The van der Waals surface area contributed by atoms with Crippen molar-refractivity contribution >= 4 is 23.7 Å². The largest absolute Gasteiger partial charge is 0.493 e. The third-order valence-corrected chi connectivity index (χ3v) is 3.34. The van der Waals surface area contributed by atoms with E-state index in [1.54, 1.807) is 0 Å². The van der Waals surface area contributed by atoms with Crippen LogP contribution in [-0.2, 0) is 0 Å². The van der Waals surface area contributed by atoms with Gasteiger partial charge in [0.25, 0.3) is 5.56 Å². The van der Waals surface area contributed by atoms with Crippen molar-refractivity contribution in [3.8, 4) is 17.0 Å². The van der Waals surface area contributed by atoms with Crippen LogP contribution in [0.2, 0.25) is 0 Å². The molecular weight excluding hydrogens is 316 g/mol. The molecule has 1 aromatic carbocycles. The molecule has 0 saturated heterocycles. The first-order valence-electron chi connectivity index (χ1n) is 6.64. The van der Waals surface area contributed by atoms with Crippen LogP contribution in [0.15, 0.2) is 45.4 Å². The summed E-state index contributed by atoms with van der Waals surface area (Å²) in [5.41, 5.74) is 1.60. The minimum Gasteiger partial charge on any atom is -0.493 e. The second-order valence-corrected chi connectivity index (χ2v) is 5.13. The molecule has 0 aliphatic carbocycles. The van der Waals surface area contributed by atoms with Gasteiger partial charge < -0.3 is 10.1 Å². The van der Waals surface area contributed by atoms with E-state index in [-0.39, 0.29) is 10.5 Å². The van der Waals surface area contributed by atoms with Gasteiger partial charge in [0.1, 0.15) is 0 Å². The molecule has 0 bridgehead atoms. The highest BCUT2D eigenvalue weighted by molar-refractivity contribution is 7.71. The lowest BCUT2D eigenvalue weighted by molar-refractivity contribution is 0.451. The summed E-state index contributed by atoms with van der Waals surface area (Å²) >= 11 is 4.75. The third-order valence-electron chi connectivity index (χ3n) is 3.13. The number of nitrogens with one attached hydrogen (secondary N) is 3. The molecule has 0 atom stereocenters. The highest BCUT2D eigenvalue weighted by Crippen LogP contribution is 2.32. The number of rotatable bonds is 3. The van der Waals surface area contributed by atoms with Gasteiger partial charge in [-0.1, -0.05) is 30.3 Å². The zero-order valence-electron chi connectivity index (χ0n) is 12.0. The lowest BCUT2D eigenvalue weighted by Gasteiger charge is -2.00. The summed E-state index contributed by atoms with van der Waals surface area (Å²) in [5, 5.41) is 24.4. The topological polar surface area (TPSA) is 122 Å². The summed E-state index contributed by atoms with van der Waals surface area (Å²) in [4.78, 5) is 16.5. The lowest BCUT2D eigenvalue weighted by atomic mass is 10.1. The number of azo groups is 1. The minimum atomic E-state index is -0.636. The van der Waals surface area contributed by atoms with E-state index in [0.29, 0.717) is 5.82 Å². The SMILES string of the molecule is Cc1[nH]nc(N=Nc2c(O)[nH]c(=S)[nH]c2=O)c1-c1ccccc1. The molecule has 0 unspecified atom stereocenters. The number of aromatic hydroxyl groups is 1. The van der Waals surface area contributed by atoms with Crippen LogP contribution >= 0.6 is 12.2 Å². The highest BCUT2D eigenvalue weighted by atomic mass is 32.1. The zero-order valence-corrected chi connectivity index (χ0v) is 12.8. The summed E-state index contributed by atoms with van der Waals surface area (Å²) < 4.78 is 0.00652. The number of hydrogen-bond acceptors (Lipinski definition) is 6. The van der Waals surface area contributed by atoms with E-state index in [2.05, 4.69) is 30.4 Å². The summed E-state index contributed by atoms with van der Waals surface area (Å²) in [7, 11) is 0. The average molecular weight is 328 g/mol. The fourth-order valence-electron chi connectivity index (χ4n) is 2.10. The number of benzene rings is 1. The molecule has 23 heavy (non-hydrogen) atoms. The second-order valence-electron chi connectivity index (χ2n) is 4.72. The summed E-state index contributed by atoms with van der Waals surface area (Å²) in [5.74, 6) is -0.133. The van der Waals surface area contributed by atoms with E-state index in [9.17, 15) is 9.90 Å². The Kier molecular flexibility index (Phi) is 3.85. The number of hydrogen-bond donors (Lipinski definition) is 4. The molecule has 0 fully saturated rings. The molecule has 0 saturated carbocycles. The van der Waals surface area contributed by atoms with Crippen molar-refractivity contribution in [3.63, 3.8) is 0 Å². The average Bonchev–Trinajstić information content (AvgIpc) is 2.88. The lowest BCUT2D eigenvalue weighted by Crippen LogP contribution is -2.06. The fourth-order valence-corrected chi connectivity index (χ4v) is 2.29. The Labute approximate surface area is 135 Å². The van der Waals surface area contributed by atoms with Crippen LogP contribution in [0.5, 0.6) is 5.88 Å². The molecule has 2 aromatic heterocycles. The van der Waals surface area contributed by atoms with Gasteiger partial charge in [-0.15, -0.1) is 10.2 Å². The van der Waals surface area contributed by atoms with Crippen molar-refractivity contribution in [1.82, 2.24) is 20.2 Å². The maximum absolute atomic E-state index is 11.8. The Bertz CT molecular complexity index is 986. The van der Waals surface area contributed by atoms with Gasteiger partial charge in [-0.05, 0) is 24.7 Å². The number of aromatic amines is 3. The Balaban J connectivity index is 2.06. The van der Waals surface area contributed by atoms with Crippen molar-refractivity contribution < 1.29 is 5.11 Å². The molecular formula is C14H12N6O2S. The molecule has 4 N–H and O–H groups in total.